The molecule has 1 atom stereocenters. The summed E-state index contributed by atoms with van der Waals surface area (Å²) in [4.78, 5) is 23.3. The molecule has 0 spiro atoms. The maximum atomic E-state index is 12.4. The Labute approximate surface area is 167 Å². The van der Waals surface area contributed by atoms with Crippen LogP contribution in [0, 0.1) is 5.92 Å². The summed E-state index contributed by atoms with van der Waals surface area (Å²) < 4.78 is 7.05. The summed E-state index contributed by atoms with van der Waals surface area (Å²) in [7, 11) is 0. The van der Waals surface area contributed by atoms with E-state index in [-0.39, 0.29) is 11.8 Å². The molecular weight excluding hydrogens is 376 g/mol. The zero-order valence-electron chi connectivity index (χ0n) is 15.6. The first-order valence-electron chi connectivity index (χ1n) is 9.21. The second-order valence-electron chi connectivity index (χ2n) is 6.70. The summed E-state index contributed by atoms with van der Waals surface area (Å²) >= 11 is 1.65. The molecule has 1 saturated heterocycles. The molecule has 1 fully saturated rings. The molecule has 2 aromatic heterocycles. The fraction of sp³-hybridized carbons (Fsp3) is 0.368. The van der Waals surface area contributed by atoms with Gasteiger partial charge < -0.3 is 15.0 Å². The van der Waals surface area contributed by atoms with Gasteiger partial charge in [0.15, 0.2) is 5.13 Å². The molecule has 3 aromatic rings. The lowest BCUT2D eigenvalue weighted by molar-refractivity contribution is -0.119. The Hall–Kier alpha value is -2.78. The number of morpholine rings is 1. The van der Waals surface area contributed by atoms with Gasteiger partial charge in [-0.15, -0.1) is 11.3 Å². The van der Waals surface area contributed by atoms with Gasteiger partial charge in [0, 0.05) is 29.7 Å². The van der Waals surface area contributed by atoms with Gasteiger partial charge in [0.1, 0.15) is 12.7 Å². The van der Waals surface area contributed by atoms with Gasteiger partial charge in [0.2, 0.25) is 5.91 Å². The highest BCUT2D eigenvalue weighted by atomic mass is 32.1. The predicted octanol–water partition coefficient (Wildman–Crippen LogP) is 2.51. The third kappa shape index (κ3) is 4.37. The van der Waals surface area contributed by atoms with Crippen LogP contribution in [0.25, 0.3) is 11.3 Å². The van der Waals surface area contributed by atoms with E-state index in [1.54, 1.807) is 22.3 Å². The molecule has 0 saturated carbocycles. The molecule has 1 aliphatic heterocycles. The Morgan fingerprint density at radius 2 is 2.07 bits per heavy atom. The first kappa shape index (κ1) is 18.6. The van der Waals surface area contributed by atoms with Crippen LogP contribution in [0.1, 0.15) is 6.92 Å². The summed E-state index contributed by atoms with van der Waals surface area (Å²) in [6, 6.07) is 7.78. The lowest BCUT2D eigenvalue weighted by Crippen LogP contribution is -2.36. The number of amides is 1. The molecule has 0 aliphatic carbocycles. The number of carbonyl (C=O) groups is 1. The number of aromatic nitrogens is 4. The Morgan fingerprint density at radius 1 is 1.29 bits per heavy atom. The van der Waals surface area contributed by atoms with Crippen LogP contribution >= 0.6 is 11.3 Å². The van der Waals surface area contributed by atoms with Crippen LogP contribution in [0.4, 0.5) is 10.8 Å². The maximum absolute atomic E-state index is 12.4. The topological polar surface area (TPSA) is 85.2 Å². The number of hydrogen-bond donors (Lipinski definition) is 1. The average molecular weight is 398 g/mol. The number of hydrogen-bond acceptors (Lipinski definition) is 7. The standard InChI is InChI=1S/C19H22N6O2S/c1-14(10-25-13-20-12-21-25)18(26)22-16-4-2-15(3-5-16)17-11-28-19(23-17)24-6-8-27-9-7-24/h2-5,11-14H,6-10H2,1H3,(H,22,26)/t14-/m0/s1. The van der Waals surface area contributed by atoms with Gasteiger partial charge in [-0.25, -0.2) is 9.97 Å². The Morgan fingerprint density at radius 3 is 2.79 bits per heavy atom. The van der Waals surface area contributed by atoms with E-state index in [1.165, 1.54) is 6.33 Å². The van der Waals surface area contributed by atoms with Crippen molar-refractivity contribution in [2.45, 2.75) is 13.5 Å². The van der Waals surface area contributed by atoms with Crippen molar-refractivity contribution in [1.82, 2.24) is 19.7 Å². The molecular formula is C19H22N6O2S. The van der Waals surface area contributed by atoms with Crippen LogP contribution in [0.3, 0.4) is 0 Å². The van der Waals surface area contributed by atoms with Crippen LogP contribution in [0.2, 0.25) is 0 Å². The molecule has 1 N–H and O–H groups in total. The highest BCUT2D eigenvalue weighted by molar-refractivity contribution is 7.14. The molecule has 0 unspecified atom stereocenters. The highest BCUT2D eigenvalue weighted by Crippen LogP contribution is 2.28. The number of rotatable bonds is 6. The normalized spacial score (nSPS) is 15.4. The Bertz CT molecular complexity index is 903. The van der Waals surface area contributed by atoms with Crippen molar-refractivity contribution in [2.24, 2.45) is 5.92 Å². The molecule has 4 rings (SSSR count). The predicted molar refractivity (Wildman–Crippen MR) is 108 cm³/mol. The third-order valence-electron chi connectivity index (χ3n) is 4.60. The summed E-state index contributed by atoms with van der Waals surface area (Å²) in [6.45, 7) is 5.62. The van der Waals surface area contributed by atoms with Gasteiger partial charge >= 0.3 is 0 Å². The molecule has 146 valence electrons. The number of thiazole rings is 1. The third-order valence-corrected chi connectivity index (χ3v) is 5.50. The van der Waals surface area contributed by atoms with Gasteiger partial charge in [-0.1, -0.05) is 19.1 Å². The van der Waals surface area contributed by atoms with Crippen LogP contribution in [-0.4, -0.2) is 52.0 Å². The maximum Gasteiger partial charge on any atom is 0.229 e. The number of nitrogens with one attached hydrogen (secondary N) is 1. The van der Waals surface area contributed by atoms with Gasteiger partial charge in [0.25, 0.3) is 0 Å². The van der Waals surface area contributed by atoms with Crippen molar-refractivity contribution in [1.29, 1.82) is 0 Å². The van der Waals surface area contributed by atoms with E-state index >= 15 is 0 Å². The van der Waals surface area contributed by atoms with Gasteiger partial charge in [-0.2, -0.15) is 5.10 Å². The van der Waals surface area contributed by atoms with E-state index in [2.05, 4.69) is 25.7 Å². The van der Waals surface area contributed by atoms with Crippen LogP contribution < -0.4 is 10.2 Å². The molecule has 0 radical (unpaired) electrons. The number of anilines is 2. The molecule has 0 bridgehead atoms. The molecule has 1 amide bonds. The monoisotopic (exact) mass is 398 g/mol. The number of benzene rings is 1. The van der Waals surface area contributed by atoms with Crippen molar-refractivity contribution >= 4 is 28.1 Å². The summed E-state index contributed by atoms with van der Waals surface area (Å²) in [5, 5.41) is 10.1. The fourth-order valence-corrected chi connectivity index (χ4v) is 3.87. The zero-order valence-corrected chi connectivity index (χ0v) is 16.4. The lowest BCUT2D eigenvalue weighted by atomic mass is 10.1. The second-order valence-corrected chi connectivity index (χ2v) is 7.54. The molecule has 1 aromatic carbocycles. The van der Waals surface area contributed by atoms with E-state index in [1.807, 2.05) is 31.2 Å². The SMILES string of the molecule is C[C@@H](Cn1cncn1)C(=O)Nc1ccc(-c2csc(N3CCOCC3)n2)cc1. The second kappa shape index (κ2) is 8.49. The summed E-state index contributed by atoms with van der Waals surface area (Å²) in [5.74, 6) is -0.262. The Balaban J connectivity index is 1.37. The van der Waals surface area contributed by atoms with Crippen molar-refractivity contribution in [3.05, 3.63) is 42.3 Å². The summed E-state index contributed by atoms with van der Waals surface area (Å²) in [6.07, 6.45) is 3.07. The highest BCUT2D eigenvalue weighted by Gasteiger charge is 2.16. The molecule has 3 heterocycles. The van der Waals surface area contributed by atoms with Gasteiger partial charge in [-0.3, -0.25) is 9.48 Å². The largest absolute Gasteiger partial charge is 0.378 e. The Kier molecular flexibility index (Phi) is 5.63. The van der Waals surface area contributed by atoms with Crippen molar-refractivity contribution < 1.29 is 9.53 Å². The van der Waals surface area contributed by atoms with E-state index in [0.29, 0.717) is 6.54 Å². The minimum atomic E-state index is -0.212. The lowest BCUT2D eigenvalue weighted by Gasteiger charge is -2.26. The molecule has 9 heteroatoms. The first-order chi connectivity index (χ1) is 13.7. The molecule has 28 heavy (non-hydrogen) atoms. The number of nitrogens with zero attached hydrogens (tertiary/aromatic N) is 5. The van der Waals surface area contributed by atoms with E-state index in [0.717, 1.165) is 48.4 Å². The molecule has 1 aliphatic rings. The average Bonchev–Trinajstić information content (AvgIpc) is 3.41. The van der Waals surface area contributed by atoms with E-state index in [4.69, 9.17) is 9.72 Å². The van der Waals surface area contributed by atoms with Crippen LogP contribution in [-0.2, 0) is 16.1 Å². The van der Waals surface area contributed by atoms with Crippen molar-refractivity contribution in [2.75, 3.05) is 36.5 Å². The van der Waals surface area contributed by atoms with Crippen LogP contribution in [0.5, 0.6) is 0 Å². The van der Waals surface area contributed by atoms with Crippen molar-refractivity contribution in [3.63, 3.8) is 0 Å². The fourth-order valence-electron chi connectivity index (χ4n) is 2.98. The minimum absolute atomic E-state index is 0.0495. The zero-order chi connectivity index (χ0) is 19.3. The van der Waals surface area contributed by atoms with Crippen LogP contribution in [0.15, 0.2) is 42.3 Å². The number of ether oxygens (including phenoxy) is 1. The first-order valence-corrected chi connectivity index (χ1v) is 10.1. The smallest absolute Gasteiger partial charge is 0.229 e. The van der Waals surface area contributed by atoms with Gasteiger partial charge in [-0.05, 0) is 12.1 Å². The number of carbonyl (C=O) groups excluding carboxylic acids is 1. The van der Waals surface area contributed by atoms with Crippen molar-refractivity contribution in [3.8, 4) is 11.3 Å². The summed E-state index contributed by atoms with van der Waals surface area (Å²) in [5.41, 5.74) is 2.75. The minimum Gasteiger partial charge on any atom is -0.378 e. The quantitative estimate of drug-likeness (QED) is 0.687. The molecule has 8 nitrogen and oxygen atoms in total. The van der Waals surface area contributed by atoms with Gasteiger partial charge in [0.05, 0.1) is 31.4 Å². The van der Waals surface area contributed by atoms with E-state index < -0.39 is 0 Å². The van der Waals surface area contributed by atoms with E-state index in [9.17, 15) is 4.79 Å².